The van der Waals surface area contributed by atoms with Gasteiger partial charge in [-0.1, -0.05) is 18.2 Å². The van der Waals surface area contributed by atoms with Gasteiger partial charge in [-0.05, 0) is 50.4 Å². The summed E-state index contributed by atoms with van der Waals surface area (Å²) in [4.78, 5) is 2.33. The second-order valence-electron chi connectivity index (χ2n) is 4.46. The third-order valence-electron chi connectivity index (χ3n) is 3.40. The molecule has 1 unspecified atom stereocenters. The summed E-state index contributed by atoms with van der Waals surface area (Å²) in [6.45, 7) is 4.12. The van der Waals surface area contributed by atoms with Crippen LogP contribution in [0, 0.1) is 5.82 Å². The van der Waals surface area contributed by atoms with E-state index in [0.717, 1.165) is 31.5 Å². The lowest BCUT2D eigenvalue weighted by Gasteiger charge is -2.34. The standard InChI is InChI=1S/C13H18FNS/c1-10(16)15-8-6-11(7-9-15)12-4-2-3-5-13(12)14/h2-5,10-11,16H,6-9H2,1H3. The summed E-state index contributed by atoms with van der Waals surface area (Å²) in [5, 5.41) is 0.307. The molecule has 3 heteroatoms. The van der Waals surface area contributed by atoms with Crippen molar-refractivity contribution in [2.75, 3.05) is 13.1 Å². The minimum absolute atomic E-state index is 0.0557. The largest absolute Gasteiger partial charge is 0.292 e. The number of rotatable bonds is 2. The number of nitrogens with zero attached hydrogens (tertiary/aromatic N) is 1. The monoisotopic (exact) mass is 239 g/mol. The second-order valence-corrected chi connectivity index (χ2v) is 5.21. The van der Waals surface area contributed by atoms with Crippen molar-refractivity contribution in [3.05, 3.63) is 35.6 Å². The van der Waals surface area contributed by atoms with Crippen molar-refractivity contribution < 1.29 is 4.39 Å². The molecule has 1 nitrogen and oxygen atoms in total. The molecule has 2 rings (SSSR count). The van der Waals surface area contributed by atoms with Crippen LogP contribution in [0.2, 0.25) is 0 Å². The van der Waals surface area contributed by atoms with Crippen LogP contribution >= 0.6 is 12.6 Å². The van der Waals surface area contributed by atoms with Crippen molar-refractivity contribution in [2.24, 2.45) is 0 Å². The Labute approximate surface area is 102 Å². The normalized spacial score (nSPS) is 20.9. The number of hydrogen-bond donors (Lipinski definition) is 1. The van der Waals surface area contributed by atoms with Gasteiger partial charge >= 0.3 is 0 Å². The zero-order chi connectivity index (χ0) is 11.5. The van der Waals surface area contributed by atoms with Gasteiger partial charge in [-0.3, -0.25) is 4.90 Å². The van der Waals surface area contributed by atoms with E-state index in [1.54, 1.807) is 12.1 Å². The van der Waals surface area contributed by atoms with E-state index in [9.17, 15) is 4.39 Å². The number of thiol groups is 1. The lowest BCUT2D eigenvalue weighted by atomic mass is 9.89. The molecule has 0 N–H and O–H groups in total. The van der Waals surface area contributed by atoms with Crippen LogP contribution in [0.3, 0.4) is 0 Å². The molecule has 0 bridgehead atoms. The minimum Gasteiger partial charge on any atom is -0.292 e. The van der Waals surface area contributed by atoms with Gasteiger partial charge < -0.3 is 0 Å². The summed E-state index contributed by atoms with van der Waals surface area (Å²) in [7, 11) is 0. The van der Waals surface area contributed by atoms with E-state index in [0.29, 0.717) is 11.3 Å². The van der Waals surface area contributed by atoms with Crippen LogP contribution in [0.1, 0.15) is 31.2 Å². The highest BCUT2D eigenvalue weighted by Crippen LogP contribution is 2.30. The summed E-state index contributed by atoms with van der Waals surface area (Å²) in [6, 6.07) is 7.15. The first-order valence-corrected chi connectivity index (χ1v) is 6.36. The van der Waals surface area contributed by atoms with E-state index >= 15 is 0 Å². The van der Waals surface area contributed by atoms with Gasteiger partial charge in [0.2, 0.25) is 0 Å². The van der Waals surface area contributed by atoms with E-state index in [1.165, 1.54) is 0 Å². The summed E-state index contributed by atoms with van der Waals surface area (Å²) in [5.41, 5.74) is 0.883. The summed E-state index contributed by atoms with van der Waals surface area (Å²) >= 11 is 4.43. The molecule has 1 heterocycles. The smallest absolute Gasteiger partial charge is 0.126 e. The molecule has 0 aromatic heterocycles. The predicted octanol–water partition coefficient (Wildman–Crippen LogP) is 3.28. The first kappa shape index (κ1) is 11.9. The highest BCUT2D eigenvalue weighted by atomic mass is 32.1. The Hall–Kier alpha value is -0.540. The number of benzene rings is 1. The van der Waals surface area contributed by atoms with Gasteiger partial charge in [0.15, 0.2) is 0 Å². The molecule has 1 aromatic carbocycles. The first-order valence-electron chi connectivity index (χ1n) is 5.85. The Bertz CT molecular complexity index is 346. The molecule has 1 aliphatic rings. The lowest BCUT2D eigenvalue weighted by Crippen LogP contribution is -2.36. The Morgan fingerprint density at radius 2 is 1.94 bits per heavy atom. The van der Waals surface area contributed by atoms with Crippen molar-refractivity contribution in [3.8, 4) is 0 Å². The maximum absolute atomic E-state index is 13.6. The zero-order valence-corrected chi connectivity index (χ0v) is 10.5. The Kier molecular flexibility index (Phi) is 3.87. The number of likely N-dealkylation sites (tertiary alicyclic amines) is 1. The molecule has 0 aliphatic carbocycles. The van der Waals surface area contributed by atoms with Crippen LogP contribution in [0.5, 0.6) is 0 Å². The Morgan fingerprint density at radius 3 is 2.50 bits per heavy atom. The maximum atomic E-state index is 13.6. The van der Waals surface area contributed by atoms with Gasteiger partial charge in [-0.25, -0.2) is 4.39 Å². The van der Waals surface area contributed by atoms with Crippen molar-refractivity contribution in [1.82, 2.24) is 4.90 Å². The van der Waals surface area contributed by atoms with Crippen LogP contribution in [-0.2, 0) is 0 Å². The highest BCUT2D eigenvalue weighted by molar-refractivity contribution is 7.80. The fourth-order valence-corrected chi connectivity index (χ4v) is 2.62. The average Bonchev–Trinajstić information content (AvgIpc) is 2.30. The molecule has 0 amide bonds. The molecule has 0 spiro atoms. The quantitative estimate of drug-likeness (QED) is 0.775. The van der Waals surface area contributed by atoms with Crippen molar-refractivity contribution >= 4 is 12.6 Å². The summed E-state index contributed by atoms with van der Waals surface area (Å²) in [6.07, 6.45) is 2.07. The van der Waals surface area contributed by atoms with Gasteiger partial charge in [0.1, 0.15) is 5.82 Å². The molecule has 1 aromatic rings. The fourth-order valence-electron chi connectivity index (χ4n) is 2.39. The van der Waals surface area contributed by atoms with Crippen molar-refractivity contribution in [1.29, 1.82) is 0 Å². The minimum atomic E-state index is -0.0557. The molecule has 88 valence electrons. The van der Waals surface area contributed by atoms with Crippen molar-refractivity contribution in [2.45, 2.75) is 31.1 Å². The molecular formula is C13H18FNS. The third kappa shape index (κ3) is 2.58. The van der Waals surface area contributed by atoms with Gasteiger partial charge in [-0.2, -0.15) is 12.6 Å². The maximum Gasteiger partial charge on any atom is 0.126 e. The summed E-state index contributed by atoms with van der Waals surface area (Å²) < 4.78 is 13.6. The SMILES string of the molecule is CC(S)N1CCC(c2ccccc2F)CC1. The number of piperidine rings is 1. The predicted molar refractivity (Wildman–Crippen MR) is 68.4 cm³/mol. The van der Waals surface area contributed by atoms with Crippen LogP contribution in [0.25, 0.3) is 0 Å². The lowest BCUT2D eigenvalue weighted by molar-refractivity contribution is 0.205. The Morgan fingerprint density at radius 1 is 1.31 bits per heavy atom. The second kappa shape index (κ2) is 5.19. The van der Waals surface area contributed by atoms with E-state index in [2.05, 4.69) is 24.5 Å². The molecule has 1 saturated heterocycles. The fraction of sp³-hybridized carbons (Fsp3) is 0.538. The van der Waals surface area contributed by atoms with E-state index in [4.69, 9.17) is 0 Å². The van der Waals surface area contributed by atoms with Gasteiger partial charge in [-0.15, -0.1) is 0 Å². The molecule has 1 atom stereocenters. The molecule has 1 fully saturated rings. The average molecular weight is 239 g/mol. The van der Waals surface area contributed by atoms with Crippen molar-refractivity contribution in [3.63, 3.8) is 0 Å². The number of hydrogen-bond acceptors (Lipinski definition) is 2. The molecular weight excluding hydrogens is 221 g/mol. The molecule has 1 aliphatic heterocycles. The van der Waals surface area contributed by atoms with Crippen LogP contribution in [0.15, 0.2) is 24.3 Å². The number of halogens is 1. The highest BCUT2D eigenvalue weighted by Gasteiger charge is 2.23. The third-order valence-corrected chi connectivity index (χ3v) is 3.73. The zero-order valence-electron chi connectivity index (χ0n) is 9.56. The van der Waals surface area contributed by atoms with Gasteiger partial charge in [0.25, 0.3) is 0 Å². The first-order chi connectivity index (χ1) is 7.68. The molecule has 0 saturated carbocycles. The Balaban J connectivity index is 2.02. The van der Waals surface area contributed by atoms with E-state index in [-0.39, 0.29) is 5.82 Å². The summed E-state index contributed by atoms with van der Waals surface area (Å²) in [5.74, 6) is 0.324. The van der Waals surface area contributed by atoms with E-state index < -0.39 is 0 Å². The topological polar surface area (TPSA) is 3.24 Å². The molecule has 16 heavy (non-hydrogen) atoms. The molecule has 0 radical (unpaired) electrons. The van der Waals surface area contributed by atoms with Crippen LogP contribution < -0.4 is 0 Å². The van der Waals surface area contributed by atoms with E-state index in [1.807, 2.05) is 12.1 Å². The van der Waals surface area contributed by atoms with Crippen LogP contribution in [0.4, 0.5) is 4.39 Å². The van der Waals surface area contributed by atoms with Crippen LogP contribution in [-0.4, -0.2) is 23.4 Å². The van der Waals surface area contributed by atoms with Gasteiger partial charge in [0, 0.05) is 5.37 Å². The van der Waals surface area contributed by atoms with Gasteiger partial charge in [0.05, 0.1) is 0 Å².